The van der Waals surface area contributed by atoms with Crippen LogP contribution in [0, 0.1) is 0 Å². The van der Waals surface area contributed by atoms with Gasteiger partial charge in [0, 0.05) is 33.0 Å². The normalized spacial score (nSPS) is 13.4. The van der Waals surface area contributed by atoms with Crippen LogP contribution in [-0.2, 0) is 6.42 Å². The molecule has 2 N–H and O–H groups in total. The number of fused-ring (bicyclic) bond motifs is 1. The van der Waals surface area contributed by atoms with Gasteiger partial charge in [-0.3, -0.25) is 4.79 Å². The summed E-state index contributed by atoms with van der Waals surface area (Å²) >= 11 is 9.36. The molecule has 1 aliphatic rings. The molecule has 1 aliphatic heterocycles. The third kappa shape index (κ3) is 2.41. The molecule has 0 spiro atoms. The molecule has 0 aromatic heterocycles. The zero-order chi connectivity index (χ0) is 14.3. The number of carbonyl (C=O) groups excluding carboxylic acids is 1. The molecule has 102 valence electrons. The lowest BCUT2D eigenvalue weighted by Gasteiger charge is -2.18. The third-order valence-corrected chi connectivity index (χ3v) is 4.03. The number of rotatable bonds is 1. The number of nitrogen functional groups attached to an aromatic ring is 1. The van der Waals surface area contributed by atoms with E-state index in [1.165, 1.54) is 0 Å². The second-order valence-electron chi connectivity index (χ2n) is 4.75. The summed E-state index contributed by atoms with van der Waals surface area (Å²) in [4.78, 5) is 14.4. The maximum Gasteiger partial charge on any atom is 0.258 e. The van der Waals surface area contributed by atoms with E-state index in [-0.39, 0.29) is 5.91 Å². The van der Waals surface area contributed by atoms with Crippen LogP contribution in [0.1, 0.15) is 15.9 Å². The van der Waals surface area contributed by atoms with E-state index in [1.54, 1.807) is 23.1 Å². The molecule has 0 radical (unpaired) electrons. The lowest BCUT2D eigenvalue weighted by Crippen LogP contribution is -2.28. The minimum absolute atomic E-state index is 0.0447. The van der Waals surface area contributed by atoms with E-state index in [0.29, 0.717) is 17.1 Å². The van der Waals surface area contributed by atoms with Gasteiger partial charge >= 0.3 is 0 Å². The highest BCUT2D eigenvalue weighted by atomic mass is 79.9. The number of hydrogen-bond donors (Lipinski definition) is 1. The molecule has 2 aromatic rings. The largest absolute Gasteiger partial charge is 0.399 e. The monoisotopic (exact) mass is 350 g/mol. The quantitative estimate of drug-likeness (QED) is 0.792. The number of nitrogens with zero attached hydrogens (tertiary/aromatic N) is 1. The second-order valence-corrected chi connectivity index (χ2v) is 6.11. The van der Waals surface area contributed by atoms with Gasteiger partial charge in [-0.1, -0.05) is 27.5 Å². The minimum Gasteiger partial charge on any atom is -0.399 e. The first kappa shape index (κ1) is 13.5. The highest BCUT2D eigenvalue weighted by molar-refractivity contribution is 9.10. The van der Waals surface area contributed by atoms with E-state index < -0.39 is 0 Å². The molecule has 1 amide bonds. The Hall–Kier alpha value is -1.52. The summed E-state index contributed by atoms with van der Waals surface area (Å²) in [6, 6.07) is 10.9. The van der Waals surface area contributed by atoms with Crippen LogP contribution in [0.5, 0.6) is 0 Å². The first-order valence-electron chi connectivity index (χ1n) is 6.21. The van der Waals surface area contributed by atoms with Gasteiger partial charge in [0.05, 0.1) is 0 Å². The Bertz CT molecular complexity index is 682. The number of hydrogen-bond acceptors (Lipinski definition) is 2. The molecule has 0 fully saturated rings. The summed E-state index contributed by atoms with van der Waals surface area (Å²) in [6.07, 6.45) is 0.827. The van der Waals surface area contributed by atoms with Crippen LogP contribution in [0.15, 0.2) is 40.9 Å². The SMILES string of the molecule is Nc1ccc2c(c1)CCN2C(=O)c1cc(Cl)cc(Br)c1. The number of carbonyl (C=O) groups is 1. The Labute approximate surface area is 130 Å². The number of halogens is 2. The van der Waals surface area contributed by atoms with Crippen molar-refractivity contribution >= 4 is 44.8 Å². The van der Waals surface area contributed by atoms with Gasteiger partial charge in [0.2, 0.25) is 0 Å². The van der Waals surface area contributed by atoms with Crippen molar-refractivity contribution in [3.8, 4) is 0 Å². The van der Waals surface area contributed by atoms with Crippen molar-refractivity contribution in [3.05, 3.63) is 57.0 Å². The highest BCUT2D eigenvalue weighted by Crippen LogP contribution is 2.31. The topological polar surface area (TPSA) is 46.3 Å². The van der Waals surface area contributed by atoms with Crippen molar-refractivity contribution in [1.29, 1.82) is 0 Å². The zero-order valence-electron chi connectivity index (χ0n) is 10.6. The fourth-order valence-electron chi connectivity index (χ4n) is 2.47. The predicted octanol–water partition coefficient (Wildman–Crippen LogP) is 3.89. The zero-order valence-corrected chi connectivity index (χ0v) is 12.9. The first-order chi connectivity index (χ1) is 9.54. The number of nitrogens with two attached hydrogens (primary N) is 1. The van der Waals surface area contributed by atoms with Gasteiger partial charge in [-0.15, -0.1) is 0 Å². The molecule has 0 bridgehead atoms. The van der Waals surface area contributed by atoms with E-state index in [1.807, 2.05) is 18.2 Å². The number of anilines is 2. The molecule has 0 saturated heterocycles. The van der Waals surface area contributed by atoms with Crippen LogP contribution in [0.25, 0.3) is 0 Å². The van der Waals surface area contributed by atoms with E-state index in [9.17, 15) is 4.79 Å². The van der Waals surface area contributed by atoms with Crippen molar-refractivity contribution in [3.63, 3.8) is 0 Å². The molecule has 1 heterocycles. The molecule has 3 nitrogen and oxygen atoms in total. The summed E-state index contributed by atoms with van der Waals surface area (Å²) in [5.41, 5.74) is 9.12. The van der Waals surface area contributed by atoms with Crippen LogP contribution in [-0.4, -0.2) is 12.5 Å². The number of amides is 1. The van der Waals surface area contributed by atoms with E-state index >= 15 is 0 Å². The number of benzene rings is 2. The van der Waals surface area contributed by atoms with Gasteiger partial charge < -0.3 is 10.6 Å². The lowest BCUT2D eigenvalue weighted by molar-refractivity contribution is 0.0989. The molecule has 20 heavy (non-hydrogen) atoms. The Balaban J connectivity index is 1.97. The van der Waals surface area contributed by atoms with Crippen molar-refractivity contribution in [1.82, 2.24) is 0 Å². The highest BCUT2D eigenvalue weighted by Gasteiger charge is 2.25. The van der Waals surface area contributed by atoms with Crippen LogP contribution in [0.2, 0.25) is 5.02 Å². The van der Waals surface area contributed by atoms with Crippen LogP contribution in [0.3, 0.4) is 0 Å². The van der Waals surface area contributed by atoms with Gasteiger partial charge in [0.15, 0.2) is 0 Å². The van der Waals surface area contributed by atoms with Crippen LogP contribution in [0.4, 0.5) is 11.4 Å². The smallest absolute Gasteiger partial charge is 0.258 e. The Morgan fingerprint density at radius 3 is 2.80 bits per heavy atom. The molecule has 5 heteroatoms. The van der Waals surface area contributed by atoms with Gasteiger partial charge in [0.1, 0.15) is 0 Å². The van der Waals surface area contributed by atoms with Crippen molar-refractivity contribution < 1.29 is 4.79 Å². The van der Waals surface area contributed by atoms with Crippen molar-refractivity contribution in [2.24, 2.45) is 0 Å². The van der Waals surface area contributed by atoms with Gasteiger partial charge in [0.25, 0.3) is 5.91 Å². The molecule has 0 atom stereocenters. The average molecular weight is 352 g/mol. The van der Waals surface area contributed by atoms with Crippen LogP contribution < -0.4 is 10.6 Å². The molecule has 3 rings (SSSR count). The molecule has 0 saturated carbocycles. The maximum absolute atomic E-state index is 12.6. The van der Waals surface area contributed by atoms with E-state index in [0.717, 1.165) is 27.8 Å². The first-order valence-corrected chi connectivity index (χ1v) is 7.38. The van der Waals surface area contributed by atoms with Gasteiger partial charge in [-0.05, 0) is 48.4 Å². The standard InChI is InChI=1S/C15H12BrClN2O/c16-11-5-10(6-12(17)8-11)15(20)19-4-3-9-7-13(18)1-2-14(9)19/h1-2,5-8H,3-4,18H2. The average Bonchev–Trinajstić information content (AvgIpc) is 2.79. The summed E-state index contributed by atoms with van der Waals surface area (Å²) < 4.78 is 0.796. The summed E-state index contributed by atoms with van der Waals surface area (Å²) in [5, 5.41) is 0.541. The maximum atomic E-state index is 12.6. The molecular weight excluding hydrogens is 340 g/mol. The van der Waals surface area contributed by atoms with E-state index in [4.69, 9.17) is 17.3 Å². The minimum atomic E-state index is -0.0447. The van der Waals surface area contributed by atoms with Crippen molar-refractivity contribution in [2.45, 2.75) is 6.42 Å². The summed E-state index contributed by atoms with van der Waals surface area (Å²) in [5.74, 6) is -0.0447. The second kappa shape index (κ2) is 5.11. The Morgan fingerprint density at radius 1 is 1.25 bits per heavy atom. The summed E-state index contributed by atoms with van der Waals surface area (Å²) in [7, 11) is 0. The fourth-order valence-corrected chi connectivity index (χ4v) is 3.33. The molecule has 0 aliphatic carbocycles. The molecule has 0 unspecified atom stereocenters. The van der Waals surface area contributed by atoms with Gasteiger partial charge in [-0.2, -0.15) is 0 Å². The Kier molecular flexibility index (Phi) is 3.44. The van der Waals surface area contributed by atoms with E-state index in [2.05, 4.69) is 15.9 Å². The third-order valence-electron chi connectivity index (χ3n) is 3.35. The van der Waals surface area contributed by atoms with Crippen LogP contribution >= 0.6 is 27.5 Å². The molecular formula is C15H12BrClN2O. The predicted molar refractivity (Wildman–Crippen MR) is 85.4 cm³/mol. The Morgan fingerprint density at radius 2 is 2.05 bits per heavy atom. The molecule has 2 aromatic carbocycles. The summed E-state index contributed by atoms with van der Waals surface area (Å²) in [6.45, 7) is 0.668. The fraction of sp³-hybridized carbons (Fsp3) is 0.133. The van der Waals surface area contributed by atoms with Crippen molar-refractivity contribution in [2.75, 3.05) is 17.2 Å². The lowest BCUT2D eigenvalue weighted by atomic mass is 10.1. The van der Waals surface area contributed by atoms with Gasteiger partial charge in [-0.25, -0.2) is 0 Å².